The van der Waals surface area contributed by atoms with Crippen molar-refractivity contribution in [3.8, 4) is 5.75 Å². The number of hydrogen-bond acceptors (Lipinski definition) is 5. The Hall–Kier alpha value is -2.88. The van der Waals surface area contributed by atoms with E-state index in [0.29, 0.717) is 22.2 Å². The van der Waals surface area contributed by atoms with Crippen molar-refractivity contribution in [2.75, 3.05) is 5.32 Å². The maximum absolute atomic E-state index is 12.9. The number of fused-ring (bicyclic) bond motifs is 1. The molecule has 1 aliphatic carbocycles. The summed E-state index contributed by atoms with van der Waals surface area (Å²) in [5, 5.41) is 6.33. The molecule has 0 saturated heterocycles. The number of rotatable bonds is 4. The van der Waals surface area contributed by atoms with Crippen molar-refractivity contribution in [3.63, 3.8) is 0 Å². The van der Waals surface area contributed by atoms with Gasteiger partial charge in [0.1, 0.15) is 11.4 Å². The molecule has 0 aliphatic heterocycles. The van der Waals surface area contributed by atoms with Crippen molar-refractivity contribution in [1.29, 1.82) is 0 Å². The first-order valence-electron chi connectivity index (χ1n) is 9.30. The van der Waals surface area contributed by atoms with Crippen LogP contribution in [0.3, 0.4) is 0 Å². The Morgan fingerprint density at radius 2 is 1.97 bits per heavy atom. The van der Waals surface area contributed by atoms with E-state index < -0.39 is 17.9 Å². The molecule has 158 valence electrons. The zero-order valence-corrected chi connectivity index (χ0v) is 16.6. The van der Waals surface area contributed by atoms with Gasteiger partial charge in [0.05, 0.1) is 11.1 Å². The summed E-state index contributed by atoms with van der Waals surface area (Å²) in [5.74, 6) is -1.84. The SMILES string of the molecule is Cc1cc(C(=O)Nc2ccc(OC3CCCC3)c(Cl)c2)n2nc(C(F)(F)F)nc2n1. The topological polar surface area (TPSA) is 81.4 Å². The normalized spacial score (nSPS) is 15.0. The predicted molar refractivity (Wildman–Crippen MR) is 103 cm³/mol. The van der Waals surface area contributed by atoms with Gasteiger partial charge in [-0.25, -0.2) is 4.98 Å². The maximum atomic E-state index is 12.9. The number of benzene rings is 1. The third kappa shape index (κ3) is 4.18. The van der Waals surface area contributed by atoms with Gasteiger partial charge in [0.25, 0.3) is 17.5 Å². The lowest BCUT2D eigenvalue weighted by atomic mass is 10.2. The highest BCUT2D eigenvalue weighted by atomic mass is 35.5. The number of nitrogens with one attached hydrogen (secondary N) is 1. The molecule has 1 saturated carbocycles. The number of ether oxygens (including phenoxy) is 1. The summed E-state index contributed by atoms with van der Waals surface area (Å²) in [6.45, 7) is 1.55. The molecule has 11 heteroatoms. The van der Waals surface area contributed by atoms with Gasteiger partial charge in [-0.15, -0.1) is 5.10 Å². The van der Waals surface area contributed by atoms with Gasteiger partial charge in [-0.3, -0.25) is 4.79 Å². The lowest BCUT2D eigenvalue weighted by molar-refractivity contribution is -0.144. The van der Waals surface area contributed by atoms with Gasteiger partial charge < -0.3 is 10.1 Å². The van der Waals surface area contributed by atoms with Crippen LogP contribution < -0.4 is 10.1 Å². The minimum atomic E-state index is -4.75. The van der Waals surface area contributed by atoms with Crippen molar-refractivity contribution in [2.45, 2.75) is 44.9 Å². The minimum absolute atomic E-state index is 0.131. The van der Waals surface area contributed by atoms with E-state index in [9.17, 15) is 18.0 Å². The van der Waals surface area contributed by atoms with Gasteiger partial charge in [0, 0.05) is 11.4 Å². The summed E-state index contributed by atoms with van der Waals surface area (Å²) >= 11 is 6.27. The Labute approximate surface area is 174 Å². The zero-order chi connectivity index (χ0) is 21.5. The smallest absolute Gasteiger partial charge is 0.453 e. The number of halogens is 4. The molecule has 1 amide bonds. The molecule has 7 nitrogen and oxygen atoms in total. The van der Waals surface area contributed by atoms with Gasteiger partial charge in [-0.05, 0) is 56.9 Å². The molecule has 4 rings (SSSR count). The Morgan fingerprint density at radius 1 is 1.23 bits per heavy atom. The van der Waals surface area contributed by atoms with Crippen LogP contribution in [-0.4, -0.2) is 31.6 Å². The predicted octanol–water partition coefficient (Wildman–Crippen LogP) is 4.68. The molecule has 0 bridgehead atoms. The van der Waals surface area contributed by atoms with Crippen LogP contribution in [0.15, 0.2) is 24.3 Å². The third-order valence-corrected chi connectivity index (χ3v) is 5.01. The quantitative estimate of drug-likeness (QED) is 0.638. The highest BCUT2D eigenvalue weighted by Gasteiger charge is 2.37. The molecule has 1 fully saturated rings. The number of amides is 1. The van der Waals surface area contributed by atoms with E-state index in [-0.39, 0.29) is 17.6 Å². The molecular weight excluding hydrogens is 423 g/mol. The van der Waals surface area contributed by atoms with Crippen LogP contribution in [0.25, 0.3) is 5.78 Å². The average Bonchev–Trinajstić information content (AvgIpc) is 3.32. The Morgan fingerprint density at radius 3 is 2.63 bits per heavy atom. The zero-order valence-electron chi connectivity index (χ0n) is 15.8. The fourth-order valence-electron chi connectivity index (χ4n) is 3.32. The summed E-state index contributed by atoms with van der Waals surface area (Å²) in [6, 6.07) is 6.12. The van der Waals surface area contributed by atoms with Gasteiger partial charge in [0.15, 0.2) is 0 Å². The molecule has 2 heterocycles. The molecule has 0 atom stereocenters. The number of alkyl halides is 3. The second-order valence-electron chi connectivity index (χ2n) is 7.05. The van der Waals surface area contributed by atoms with Crippen molar-refractivity contribution in [2.24, 2.45) is 0 Å². The number of aromatic nitrogens is 4. The fraction of sp³-hybridized carbons (Fsp3) is 0.368. The minimum Gasteiger partial charge on any atom is -0.489 e. The monoisotopic (exact) mass is 439 g/mol. The average molecular weight is 440 g/mol. The molecule has 1 aromatic carbocycles. The van der Waals surface area contributed by atoms with E-state index in [0.717, 1.165) is 30.2 Å². The molecule has 30 heavy (non-hydrogen) atoms. The van der Waals surface area contributed by atoms with Crippen LogP contribution >= 0.6 is 11.6 Å². The molecular formula is C19H17ClF3N5O2. The lowest BCUT2D eigenvalue weighted by Gasteiger charge is -2.15. The first-order chi connectivity index (χ1) is 14.2. The Bertz CT molecular complexity index is 1110. The largest absolute Gasteiger partial charge is 0.489 e. The lowest BCUT2D eigenvalue weighted by Crippen LogP contribution is -2.18. The van der Waals surface area contributed by atoms with E-state index in [1.807, 2.05) is 0 Å². The highest BCUT2D eigenvalue weighted by Crippen LogP contribution is 2.32. The first-order valence-corrected chi connectivity index (χ1v) is 9.67. The molecule has 2 aromatic heterocycles. The number of aryl methyl sites for hydroxylation is 1. The number of hydrogen-bond donors (Lipinski definition) is 1. The number of carbonyl (C=O) groups excluding carboxylic acids is 1. The highest BCUT2D eigenvalue weighted by molar-refractivity contribution is 6.32. The van der Waals surface area contributed by atoms with Crippen LogP contribution in [0.2, 0.25) is 5.02 Å². The summed E-state index contributed by atoms with van der Waals surface area (Å²) in [6.07, 6.45) is -0.430. The summed E-state index contributed by atoms with van der Waals surface area (Å²) < 4.78 is 45.5. The van der Waals surface area contributed by atoms with Crippen molar-refractivity contribution < 1.29 is 22.7 Å². The Balaban J connectivity index is 1.58. The van der Waals surface area contributed by atoms with Crippen LogP contribution in [0.5, 0.6) is 5.75 Å². The van der Waals surface area contributed by atoms with Gasteiger partial charge >= 0.3 is 6.18 Å². The fourth-order valence-corrected chi connectivity index (χ4v) is 3.55. The van der Waals surface area contributed by atoms with Crippen LogP contribution in [0.1, 0.15) is 47.7 Å². The van der Waals surface area contributed by atoms with Crippen molar-refractivity contribution in [3.05, 3.63) is 46.5 Å². The number of carbonyl (C=O) groups is 1. The van der Waals surface area contributed by atoms with Crippen LogP contribution in [0.4, 0.5) is 18.9 Å². The molecule has 0 radical (unpaired) electrons. The van der Waals surface area contributed by atoms with Gasteiger partial charge in [-0.1, -0.05) is 11.6 Å². The number of nitrogens with zero attached hydrogens (tertiary/aromatic N) is 4. The number of anilines is 1. The molecule has 0 unspecified atom stereocenters. The molecule has 3 aromatic rings. The second-order valence-corrected chi connectivity index (χ2v) is 7.46. The summed E-state index contributed by atoms with van der Waals surface area (Å²) in [4.78, 5) is 20.0. The van der Waals surface area contributed by atoms with E-state index in [2.05, 4.69) is 20.4 Å². The van der Waals surface area contributed by atoms with E-state index in [1.54, 1.807) is 19.1 Å². The van der Waals surface area contributed by atoms with E-state index in [4.69, 9.17) is 16.3 Å². The second kappa shape index (κ2) is 7.75. The van der Waals surface area contributed by atoms with Crippen molar-refractivity contribution in [1.82, 2.24) is 19.6 Å². The van der Waals surface area contributed by atoms with Crippen LogP contribution in [0, 0.1) is 6.92 Å². The van der Waals surface area contributed by atoms with E-state index >= 15 is 0 Å². The molecule has 0 spiro atoms. The van der Waals surface area contributed by atoms with Crippen LogP contribution in [-0.2, 0) is 6.18 Å². The summed E-state index contributed by atoms with van der Waals surface area (Å²) in [5.41, 5.74) is 0.553. The maximum Gasteiger partial charge on any atom is 0.453 e. The molecule has 1 aliphatic rings. The third-order valence-electron chi connectivity index (χ3n) is 4.71. The van der Waals surface area contributed by atoms with Gasteiger partial charge in [-0.2, -0.15) is 22.7 Å². The first kappa shape index (κ1) is 20.4. The van der Waals surface area contributed by atoms with E-state index in [1.165, 1.54) is 12.1 Å². The standard InChI is InChI=1S/C19H17ClF3N5O2/c1-10-8-14(28-18(24-10)26-17(27-28)19(21,22)23)16(29)25-11-6-7-15(13(20)9-11)30-12-4-2-3-5-12/h6-9,12H,2-5H2,1H3,(H,25,29). The summed E-state index contributed by atoms with van der Waals surface area (Å²) in [7, 11) is 0. The molecule has 1 N–H and O–H groups in total. The van der Waals surface area contributed by atoms with Crippen molar-refractivity contribution >= 4 is 29.0 Å². The Kier molecular flexibility index (Phi) is 5.27. The van der Waals surface area contributed by atoms with Gasteiger partial charge in [0.2, 0.25) is 0 Å².